The molecule has 0 unspecified atom stereocenters. The molecule has 6 nitrogen and oxygen atoms in total. The summed E-state index contributed by atoms with van der Waals surface area (Å²) in [7, 11) is 0. The highest BCUT2D eigenvalue weighted by atomic mass is 79.9. The molecule has 0 aliphatic rings. The van der Waals surface area contributed by atoms with E-state index in [-0.39, 0.29) is 17.3 Å². The van der Waals surface area contributed by atoms with Gasteiger partial charge in [0.2, 0.25) is 0 Å². The summed E-state index contributed by atoms with van der Waals surface area (Å²) in [5.41, 5.74) is 0.593. The molecular formula is C26H31BrO6. The summed E-state index contributed by atoms with van der Waals surface area (Å²) in [6, 6.07) is 12.5. The Morgan fingerprint density at radius 1 is 0.879 bits per heavy atom. The van der Waals surface area contributed by atoms with Crippen molar-refractivity contribution in [3.8, 4) is 11.5 Å². The van der Waals surface area contributed by atoms with Gasteiger partial charge in [-0.25, -0.2) is 9.59 Å². The molecular weight excluding hydrogens is 488 g/mol. The number of alkyl halides is 1. The Hall–Kier alpha value is -3.32. The van der Waals surface area contributed by atoms with Gasteiger partial charge in [-0.2, -0.15) is 0 Å². The van der Waals surface area contributed by atoms with Gasteiger partial charge in [-0.15, -0.1) is 19.7 Å². The minimum absolute atomic E-state index is 0.0279. The molecule has 0 aliphatic heterocycles. The number of halogens is 1. The zero-order valence-electron chi connectivity index (χ0n) is 18.6. The Labute approximate surface area is 204 Å². The summed E-state index contributed by atoms with van der Waals surface area (Å²) in [6.07, 6.45) is 7.87. The lowest BCUT2D eigenvalue weighted by Crippen LogP contribution is -2.06. The zero-order valence-corrected chi connectivity index (χ0v) is 20.2. The third-order valence-electron chi connectivity index (χ3n) is 3.62. The van der Waals surface area contributed by atoms with Gasteiger partial charge in [0.1, 0.15) is 11.5 Å². The van der Waals surface area contributed by atoms with Gasteiger partial charge in [0.25, 0.3) is 0 Å². The van der Waals surface area contributed by atoms with Crippen molar-refractivity contribution in [3.05, 3.63) is 97.6 Å². The molecule has 178 valence electrons. The Bertz CT molecular complexity index is 879. The normalized spacial score (nSPS) is 9.12. The second kappa shape index (κ2) is 19.4. The Balaban J connectivity index is 0.000000569. The van der Waals surface area contributed by atoms with Crippen LogP contribution in [0.15, 0.2) is 86.5 Å². The second-order valence-electron chi connectivity index (χ2n) is 6.29. The Morgan fingerprint density at radius 2 is 1.48 bits per heavy atom. The van der Waals surface area contributed by atoms with Gasteiger partial charge in [0, 0.05) is 5.33 Å². The molecule has 7 heteroatoms. The molecule has 0 radical (unpaired) electrons. The smallest absolute Gasteiger partial charge is 0.338 e. The number of hydrogen-bond donors (Lipinski definition) is 2. The van der Waals surface area contributed by atoms with E-state index in [9.17, 15) is 9.59 Å². The maximum Gasteiger partial charge on any atom is 0.338 e. The molecule has 2 rings (SSSR count). The predicted octanol–water partition coefficient (Wildman–Crippen LogP) is 6.42. The first-order valence-corrected chi connectivity index (χ1v) is 11.3. The van der Waals surface area contributed by atoms with Crippen LogP contribution in [-0.2, 0) is 4.74 Å². The van der Waals surface area contributed by atoms with Crippen LogP contribution in [0.2, 0.25) is 0 Å². The van der Waals surface area contributed by atoms with Crippen LogP contribution >= 0.6 is 15.9 Å². The van der Waals surface area contributed by atoms with Crippen LogP contribution < -0.4 is 4.74 Å². The van der Waals surface area contributed by atoms with Gasteiger partial charge < -0.3 is 19.7 Å². The summed E-state index contributed by atoms with van der Waals surface area (Å²) in [5, 5.41) is 18.2. The predicted molar refractivity (Wildman–Crippen MR) is 136 cm³/mol. The minimum atomic E-state index is -1.03. The number of carbonyl (C=O) groups excluding carboxylic acids is 1. The van der Waals surface area contributed by atoms with Crippen LogP contribution in [0.1, 0.15) is 40.0 Å². The van der Waals surface area contributed by atoms with Crippen molar-refractivity contribution < 1.29 is 29.3 Å². The molecule has 0 heterocycles. The van der Waals surface area contributed by atoms with Crippen LogP contribution in [0.4, 0.5) is 0 Å². The number of carboxylic acid groups (broad SMARTS) is 1. The van der Waals surface area contributed by atoms with E-state index in [1.165, 1.54) is 24.3 Å². The van der Waals surface area contributed by atoms with Gasteiger partial charge in [-0.1, -0.05) is 46.3 Å². The molecule has 0 saturated carbocycles. The van der Waals surface area contributed by atoms with Gasteiger partial charge in [-0.3, -0.25) is 0 Å². The molecule has 2 aromatic rings. The van der Waals surface area contributed by atoms with Crippen LogP contribution in [-0.4, -0.2) is 40.7 Å². The molecule has 0 amide bonds. The molecule has 2 N–H and O–H groups in total. The van der Waals surface area contributed by atoms with Crippen molar-refractivity contribution in [2.75, 3.05) is 18.5 Å². The van der Waals surface area contributed by atoms with E-state index in [1.54, 1.807) is 30.4 Å². The second-order valence-corrected chi connectivity index (χ2v) is 7.08. The fourth-order valence-electron chi connectivity index (χ4n) is 2.01. The van der Waals surface area contributed by atoms with E-state index < -0.39 is 5.97 Å². The fraction of sp³-hybridized carbons (Fsp3) is 0.231. The summed E-state index contributed by atoms with van der Waals surface area (Å²) >= 11 is 3.24. The highest BCUT2D eigenvalue weighted by Crippen LogP contribution is 2.14. The maximum absolute atomic E-state index is 11.7. The SMILES string of the molecule is C=CCCBr.C=CCCOC(=O)c1cccc(OCCC=C)c1.O=C(O)c1cccc(O)c1. The highest BCUT2D eigenvalue weighted by molar-refractivity contribution is 9.09. The van der Waals surface area contributed by atoms with Gasteiger partial charge >= 0.3 is 11.9 Å². The van der Waals surface area contributed by atoms with Crippen LogP contribution in [0.3, 0.4) is 0 Å². The summed E-state index contributed by atoms with van der Waals surface area (Å²) in [5.74, 6) is -0.739. The monoisotopic (exact) mass is 518 g/mol. The first-order chi connectivity index (χ1) is 15.9. The molecule has 0 saturated heterocycles. The molecule has 0 aromatic heterocycles. The molecule has 0 aliphatic carbocycles. The van der Waals surface area contributed by atoms with E-state index in [2.05, 4.69) is 35.7 Å². The Kier molecular flexibility index (Phi) is 17.4. The lowest BCUT2D eigenvalue weighted by Gasteiger charge is -2.07. The summed E-state index contributed by atoms with van der Waals surface area (Å²) < 4.78 is 10.5. The number of ether oxygens (including phenoxy) is 2. The van der Waals surface area contributed by atoms with Gasteiger partial charge in [-0.05, 0) is 55.7 Å². The van der Waals surface area contributed by atoms with Gasteiger partial charge in [0.05, 0.1) is 24.3 Å². The number of rotatable bonds is 11. The topological polar surface area (TPSA) is 93.1 Å². The van der Waals surface area contributed by atoms with Crippen molar-refractivity contribution in [1.82, 2.24) is 0 Å². The van der Waals surface area contributed by atoms with E-state index in [1.807, 2.05) is 12.1 Å². The summed E-state index contributed by atoms with van der Waals surface area (Å²) in [6.45, 7) is 11.6. The highest BCUT2D eigenvalue weighted by Gasteiger charge is 2.07. The number of phenols is 1. The lowest BCUT2D eigenvalue weighted by molar-refractivity contribution is 0.0510. The third kappa shape index (κ3) is 15.2. The molecule has 0 atom stereocenters. The average molecular weight is 519 g/mol. The van der Waals surface area contributed by atoms with Crippen molar-refractivity contribution in [2.45, 2.75) is 19.3 Å². The molecule has 0 spiro atoms. The molecule has 0 bridgehead atoms. The number of carboxylic acids is 1. The third-order valence-corrected chi connectivity index (χ3v) is 4.08. The van der Waals surface area contributed by atoms with Crippen molar-refractivity contribution in [3.63, 3.8) is 0 Å². The van der Waals surface area contributed by atoms with Crippen molar-refractivity contribution >= 4 is 27.9 Å². The maximum atomic E-state index is 11.7. The molecule has 0 fully saturated rings. The molecule has 33 heavy (non-hydrogen) atoms. The number of carbonyl (C=O) groups is 2. The summed E-state index contributed by atoms with van der Waals surface area (Å²) in [4.78, 5) is 21.9. The number of benzene rings is 2. The fourth-order valence-corrected chi connectivity index (χ4v) is 2.33. The lowest BCUT2D eigenvalue weighted by atomic mass is 10.2. The van der Waals surface area contributed by atoms with E-state index in [0.717, 1.165) is 18.2 Å². The van der Waals surface area contributed by atoms with Crippen molar-refractivity contribution in [2.24, 2.45) is 0 Å². The van der Waals surface area contributed by atoms with Crippen LogP contribution in [0, 0.1) is 0 Å². The number of esters is 1. The Morgan fingerprint density at radius 3 is 2.00 bits per heavy atom. The number of hydrogen-bond acceptors (Lipinski definition) is 5. The first-order valence-electron chi connectivity index (χ1n) is 10.2. The number of aromatic hydroxyl groups is 1. The number of aromatic carboxylic acids is 1. The van der Waals surface area contributed by atoms with Crippen molar-refractivity contribution in [1.29, 1.82) is 0 Å². The minimum Gasteiger partial charge on any atom is -0.508 e. The zero-order chi connectivity index (χ0) is 24.9. The number of phenolic OH excluding ortho intramolecular Hbond substituents is 1. The largest absolute Gasteiger partial charge is 0.508 e. The van der Waals surface area contributed by atoms with Gasteiger partial charge in [0.15, 0.2) is 0 Å². The number of allylic oxidation sites excluding steroid dienone is 1. The molecule has 2 aromatic carbocycles. The standard InChI is InChI=1S/C15H18O3.C7H6O3.C4H7Br/c1-3-5-10-17-14-9-7-8-13(12-14)15(16)18-11-6-4-2;8-6-3-1-2-5(4-6)7(9)10;1-2-3-4-5/h3-4,7-9,12H,1-2,5-6,10-11H2;1-4,8H,(H,9,10);2H,1,3-4H2. The first kappa shape index (κ1) is 29.7. The van der Waals surface area contributed by atoms with Crippen LogP contribution in [0.5, 0.6) is 11.5 Å². The average Bonchev–Trinajstić information content (AvgIpc) is 2.81. The van der Waals surface area contributed by atoms with E-state index >= 15 is 0 Å². The van der Waals surface area contributed by atoms with E-state index in [0.29, 0.717) is 30.9 Å². The quantitative estimate of drug-likeness (QED) is 0.154. The van der Waals surface area contributed by atoms with E-state index in [4.69, 9.17) is 19.7 Å². The van der Waals surface area contributed by atoms with Crippen LogP contribution in [0.25, 0.3) is 0 Å².